The first-order chi connectivity index (χ1) is 8.20. The minimum Gasteiger partial charge on any atom is -0.459 e. The van der Waals surface area contributed by atoms with Crippen molar-refractivity contribution in [3.8, 4) is 0 Å². The Morgan fingerprint density at radius 3 is 2.88 bits per heavy atom. The number of furan rings is 1. The first-order valence-corrected chi connectivity index (χ1v) is 6.27. The van der Waals surface area contributed by atoms with Gasteiger partial charge in [0.15, 0.2) is 5.58 Å². The van der Waals surface area contributed by atoms with Crippen LogP contribution in [0, 0.1) is 0 Å². The molecule has 0 radical (unpaired) electrons. The predicted molar refractivity (Wildman–Crippen MR) is 69.5 cm³/mol. The van der Waals surface area contributed by atoms with Crippen LogP contribution in [-0.2, 0) is 11.2 Å². The van der Waals surface area contributed by atoms with E-state index in [1.807, 2.05) is 25.1 Å². The van der Waals surface area contributed by atoms with Gasteiger partial charge in [0, 0.05) is 24.6 Å². The van der Waals surface area contributed by atoms with Crippen molar-refractivity contribution in [2.75, 3.05) is 0 Å². The van der Waals surface area contributed by atoms with E-state index < -0.39 is 0 Å². The van der Waals surface area contributed by atoms with E-state index in [2.05, 4.69) is 0 Å². The summed E-state index contributed by atoms with van der Waals surface area (Å²) in [7, 11) is 0. The summed E-state index contributed by atoms with van der Waals surface area (Å²) in [6.45, 7) is 2.01. The lowest BCUT2D eigenvalue weighted by molar-refractivity contribution is -0.119. The monoisotopic (exact) mass is 250 g/mol. The summed E-state index contributed by atoms with van der Waals surface area (Å²) in [5.74, 6) is 1.12. The van der Waals surface area contributed by atoms with Gasteiger partial charge in [0.2, 0.25) is 0 Å². The number of benzene rings is 1. The fraction of sp³-hybridized carbons (Fsp3) is 0.357. The first-order valence-electron chi connectivity index (χ1n) is 5.89. The summed E-state index contributed by atoms with van der Waals surface area (Å²) in [4.78, 5) is 11.4. The van der Waals surface area contributed by atoms with Gasteiger partial charge in [-0.15, -0.1) is 0 Å². The summed E-state index contributed by atoms with van der Waals surface area (Å²) >= 11 is 6.02. The summed E-state index contributed by atoms with van der Waals surface area (Å²) in [5.41, 5.74) is 0.715. The van der Waals surface area contributed by atoms with Gasteiger partial charge in [-0.05, 0) is 18.6 Å². The maximum absolute atomic E-state index is 11.4. The molecule has 1 heterocycles. The van der Waals surface area contributed by atoms with E-state index in [0.717, 1.165) is 17.6 Å². The molecular weight excluding hydrogens is 236 g/mol. The molecule has 0 saturated heterocycles. The number of hydrogen-bond donors (Lipinski definition) is 0. The number of aryl methyl sites for hydroxylation is 1. The van der Waals surface area contributed by atoms with E-state index in [0.29, 0.717) is 35.7 Å². The standard InChI is InChI=1S/C14H15ClO2/c1-2-4-11(16)7-8-12-9-10-5-3-6-13(15)14(10)17-12/h3,5-6,9H,2,4,7-8H2,1H3. The molecule has 2 nitrogen and oxygen atoms in total. The maximum Gasteiger partial charge on any atom is 0.152 e. The van der Waals surface area contributed by atoms with Crippen molar-refractivity contribution in [2.45, 2.75) is 32.6 Å². The molecule has 90 valence electrons. The predicted octanol–water partition coefficient (Wildman–Crippen LogP) is 4.39. The summed E-state index contributed by atoms with van der Waals surface area (Å²) in [6, 6.07) is 7.62. The van der Waals surface area contributed by atoms with Crippen LogP contribution in [0.3, 0.4) is 0 Å². The quantitative estimate of drug-likeness (QED) is 0.788. The van der Waals surface area contributed by atoms with E-state index in [-0.39, 0.29) is 0 Å². The topological polar surface area (TPSA) is 30.2 Å². The van der Waals surface area contributed by atoms with Crippen LogP contribution in [-0.4, -0.2) is 5.78 Å². The molecule has 0 saturated carbocycles. The highest BCUT2D eigenvalue weighted by Gasteiger charge is 2.08. The van der Waals surface area contributed by atoms with Gasteiger partial charge in [-0.25, -0.2) is 0 Å². The largest absolute Gasteiger partial charge is 0.459 e. The third kappa shape index (κ3) is 2.89. The SMILES string of the molecule is CCCC(=O)CCc1cc2cccc(Cl)c2o1. The number of carbonyl (C=O) groups excluding carboxylic acids is 1. The summed E-state index contributed by atoms with van der Waals surface area (Å²) in [5, 5.41) is 1.61. The van der Waals surface area contributed by atoms with Crippen molar-refractivity contribution >= 4 is 28.4 Å². The van der Waals surface area contributed by atoms with E-state index in [1.54, 1.807) is 6.07 Å². The maximum atomic E-state index is 11.4. The number of carbonyl (C=O) groups is 1. The first kappa shape index (κ1) is 12.2. The van der Waals surface area contributed by atoms with Crippen molar-refractivity contribution in [3.63, 3.8) is 0 Å². The van der Waals surface area contributed by atoms with Crippen LogP contribution in [0.1, 0.15) is 31.9 Å². The molecule has 0 unspecified atom stereocenters. The second-order valence-electron chi connectivity index (χ2n) is 4.16. The second kappa shape index (κ2) is 5.37. The molecule has 0 bridgehead atoms. The third-order valence-corrected chi connectivity index (χ3v) is 3.02. The van der Waals surface area contributed by atoms with Crippen molar-refractivity contribution in [3.05, 3.63) is 35.0 Å². The zero-order valence-corrected chi connectivity index (χ0v) is 10.6. The molecule has 0 amide bonds. The Morgan fingerprint density at radius 2 is 2.18 bits per heavy atom. The van der Waals surface area contributed by atoms with Crippen molar-refractivity contribution in [1.29, 1.82) is 0 Å². The highest BCUT2D eigenvalue weighted by molar-refractivity contribution is 6.34. The molecule has 0 aliphatic carbocycles. The molecule has 17 heavy (non-hydrogen) atoms. The van der Waals surface area contributed by atoms with E-state index >= 15 is 0 Å². The number of halogens is 1. The molecule has 0 spiro atoms. The molecular formula is C14H15ClO2. The van der Waals surface area contributed by atoms with Gasteiger partial charge in [-0.3, -0.25) is 4.79 Å². The Bertz CT molecular complexity index is 528. The van der Waals surface area contributed by atoms with Gasteiger partial charge < -0.3 is 4.42 Å². The van der Waals surface area contributed by atoms with E-state index in [1.165, 1.54) is 0 Å². The van der Waals surface area contributed by atoms with Crippen LogP contribution < -0.4 is 0 Å². The van der Waals surface area contributed by atoms with Gasteiger partial charge in [-0.2, -0.15) is 0 Å². The van der Waals surface area contributed by atoms with Crippen molar-refractivity contribution < 1.29 is 9.21 Å². The van der Waals surface area contributed by atoms with Crippen molar-refractivity contribution in [2.24, 2.45) is 0 Å². The third-order valence-electron chi connectivity index (χ3n) is 2.73. The fourth-order valence-electron chi connectivity index (χ4n) is 1.87. The molecule has 1 aromatic heterocycles. The highest BCUT2D eigenvalue weighted by Crippen LogP contribution is 2.27. The molecule has 2 rings (SSSR count). The Kier molecular flexibility index (Phi) is 3.85. The lowest BCUT2D eigenvalue weighted by atomic mass is 10.1. The van der Waals surface area contributed by atoms with Crippen LogP contribution in [0.5, 0.6) is 0 Å². The summed E-state index contributed by atoms with van der Waals surface area (Å²) in [6.07, 6.45) is 2.76. The minimum absolute atomic E-state index is 0.291. The fourth-order valence-corrected chi connectivity index (χ4v) is 2.09. The number of fused-ring (bicyclic) bond motifs is 1. The number of Topliss-reactive ketones (excluding diaryl/α,β-unsaturated/α-hetero) is 1. The van der Waals surface area contributed by atoms with E-state index in [4.69, 9.17) is 16.0 Å². The Labute approximate surface area is 106 Å². The zero-order valence-electron chi connectivity index (χ0n) is 9.83. The molecule has 0 fully saturated rings. The highest BCUT2D eigenvalue weighted by atomic mass is 35.5. The van der Waals surface area contributed by atoms with Gasteiger partial charge in [0.25, 0.3) is 0 Å². The smallest absolute Gasteiger partial charge is 0.152 e. The molecule has 1 aromatic carbocycles. The van der Waals surface area contributed by atoms with E-state index in [9.17, 15) is 4.79 Å². The van der Waals surface area contributed by atoms with Crippen LogP contribution in [0.2, 0.25) is 5.02 Å². The Hall–Kier alpha value is -1.28. The average molecular weight is 251 g/mol. The summed E-state index contributed by atoms with van der Waals surface area (Å²) < 4.78 is 5.64. The van der Waals surface area contributed by atoms with Crippen LogP contribution >= 0.6 is 11.6 Å². The van der Waals surface area contributed by atoms with Gasteiger partial charge in [0.1, 0.15) is 11.5 Å². The van der Waals surface area contributed by atoms with Crippen LogP contribution in [0.4, 0.5) is 0 Å². The number of ketones is 1. The molecule has 0 aliphatic heterocycles. The van der Waals surface area contributed by atoms with Gasteiger partial charge >= 0.3 is 0 Å². The number of para-hydroxylation sites is 1. The lowest BCUT2D eigenvalue weighted by Gasteiger charge is -1.96. The van der Waals surface area contributed by atoms with Crippen molar-refractivity contribution in [1.82, 2.24) is 0 Å². The van der Waals surface area contributed by atoms with Gasteiger partial charge in [0.05, 0.1) is 5.02 Å². The Balaban J connectivity index is 2.10. The molecule has 0 N–H and O–H groups in total. The normalized spacial score (nSPS) is 10.9. The minimum atomic E-state index is 0.291. The number of hydrogen-bond acceptors (Lipinski definition) is 2. The second-order valence-corrected chi connectivity index (χ2v) is 4.57. The number of rotatable bonds is 5. The molecule has 2 aromatic rings. The zero-order chi connectivity index (χ0) is 12.3. The molecule has 3 heteroatoms. The lowest BCUT2D eigenvalue weighted by Crippen LogP contribution is -1.98. The molecule has 0 atom stereocenters. The average Bonchev–Trinajstić information content (AvgIpc) is 2.71. The molecule has 0 aliphatic rings. The van der Waals surface area contributed by atoms with Gasteiger partial charge in [-0.1, -0.05) is 30.7 Å². The van der Waals surface area contributed by atoms with Crippen LogP contribution in [0.15, 0.2) is 28.7 Å². The van der Waals surface area contributed by atoms with Crippen LogP contribution in [0.25, 0.3) is 11.0 Å². The Morgan fingerprint density at radius 1 is 1.35 bits per heavy atom.